The Balaban J connectivity index is 2.36. The van der Waals surface area contributed by atoms with Crippen LogP contribution in [0.5, 0.6) is 0 Å². The average Bonchev–Trinajstić information content (AvgIpc) is 2.87. The largest absolute Gasteiger partial charge is 0.394 e. The molecule has 0 spiro atoms. The van der Waals surface area contributed by atoms with Gasteiger partial charge in [-0.15, -0.1) is 0 Å². The number of nitrogens with one attached hydrogen (secondary N) is 1. The quantitative estimate of drug-likeness (QED) is 0.632. The van der Waals surface area contributed by atoms with Gasteiger partial charge in [-0.1, -0.05) is 18.9 Å². The lowest BCUT2D eigenvalue weighted by atomic mass is 10.0. The van der Waals surface area contributed by atoms with Crippen molar-refractivity contribution < 1.29 is 18.4 Å². The Morgan fingerprint density at radius 1 is 1.38 bits per heavy atom. The number of aryl methyl sites for hydroxylation is 1. The van der Waals surface area contributed by atoms with Gasteiger partial charge in [-0.05, 0) is 25.8 Å². The molecule has 21 heavy (non-hydrogen) atoms. The number of nitrogens with zero attached hydrogens (tertiary/aromatic N) is 1. The molecule has 2 rings (SSSR count). The molecule has 0 unspecified atom stereocenters. The minimum atomic E-state index is -3.90. The predicted octanol–water partition coefficient (Wildman–Crippen LogP) is 1.49. The maximum absolute atomic E-state index is 12.4. The molecule has 0 saturated heterocycles. The first-order chi connectivity index (χ1) is 9.80. The van der Waals surface area contributed by atoms with Crippen molar-refractivity contribution in [3.8, 4) is 0 Å². The highest BCUT2D eigenvalue weighted by atomic mass is 32.2. The van der Waals surface area contributed by atoms with Crippen molar-refractivity contribution in [2.75, 3.05) is 6.61 Å². The molecule has 1 aromatic rings. The Labute approximate surface area is 123 Å². The van der Waals surface area contributed by atoms with E-state index in [4.69, 9.17) is 0 Å². The van der Waals surface area contributed by atoms with Crippen LogP contribution in [0, 0.1) is 17.0 Å². The second-order valence-corrected chi connectivity index (χ2v) is 7.14. The standard InChI is InChI=1S/C13H18N2O5S/c1-10-4-5-11(8-12(10)15(17)18)21(19,20)14-13(9-16)6-2-3-7-13/h4-5,8,14,16H,2-3,6-7,9H2,1H3. The van der Waals surface area contributed by atoms with Gasteiger partial charge < -0.3 is 5.11 Å². The summed E-state index contributed by atoms with van der Waals surface area (Å²) in [6.45, 7) is 1.27. The number of nitro benzene ring substituents is 1. The number of hydrogen-bond acceptors (Lipinski definition) is 5. The van der Waals surface area contributed by atoms with E-state index >= 15 is 0 Å². The summed E-state index contributed by atoms with van der Waals surface area (Å²) in [5.41, 5.74) is -0.683. The number of aliphatic hydroxyl groups excluding tert-OH is 1. The zero-order chi connectivity index (χ0) is 15.7. The second kappa shape index (κ2) is 5.70. The SMILES string of the molecule is Cc1ccc(S(=O)(=O)NC2(CO)CCCC2)cc1[N+](=O)[O-]. The monoisotopic (exact) mass is 314 g/mol. The first-order valence-electron chi connectivity index (χ1n) is 6.70. The smallest absolute Gasteiger partial charge is 0.273 e. The van der Waals surface area contributed by atoms with Crippen LogP contribution < -0.4 is 4.72 Å². The first kappa shape index (κ1) is 15.9. The Hall–Kier alpha value is -1.51. The summed E-state index contributed by atoms with van der Waals surface area (Å²) in [5, 5.41) is 20.4. The minimum Gasteiger partial charge on any atom is -0.394 e. The molecule has 2 N–H and O–H groups in total. The molecule has 1 saturated carbocycles. The summed E-state index contributed by atoms with van der Waals surface area (Å²) < 4.78 is 27.3. The van der Waals surface area contributed by atoms with Crippen molar-refractivity contribution in [1.82, 2.24) is 4.72 Å². The molecule has 7 nitrogen and oxygen atoms in total. The van der Waals surface area contributed by atoms with Crippen LogP contribution in [-0.2, 0) is 10.0 Å². The number of nitro groups is 1. The summed E-state index contributed by atoms with van der Waals surface area (Å²) in [4.78, 5) is 10.2. The summed E-state index contributed by atoms with van der Waals surface area (Å²) >= 11 is 0. The molecule has 8 heteroatoms. The third kappa shape index (κ3) is 3.22. The molecule has 1 fully saturated rings. The van der Waals surface area contributed by atoms with Crippen LogP contribution in [0.15, 0.2) is 23.1 Å². The van der Waals surface area contributed by atoms with E-state index in [1.807, 2.05) is 0 Å². The third-order valence-electron chi connectivity index (χ3n) is 3.90. The zero-order valence-electron chi connectivity index (χ0n) is 11.7. The van der Waals surface area contributed by atoms with Gasteiger partial charge in [0.25, 0.3) is 5.69 Å². The third-order valence-corrected chi connectivity index (χ3v) is 5.48. The van der Waals surface area contributed by atoms with Crippen molar-refractivity contribution in [3.63, 3.8) is 0 Å². The number of aliphatic hydroxyl groups is 1. The van der Waals surface area contributed by atoms with E-state index < -0.39 is 20.5 Å². The summed E-state index contributed by atoms with van der Waals surface area (Å²) in [6.07, 6.45) is 2.82. The predicted molar refractivity (Wildman–Crippen MR) is 76.4 cm³/mol. The molecule has 0 radical (unpaired) electrons. The molecule has 1 aliphatic carbocycles. The lowest BCUT2D eigenvalue weighted by Gasteiger charge is -2.27. The van der Waals surface area contributed by atoms with Crippen molar-refractivity contribution in [1.29, 1.82) is 0 Å². The summed E-state index contributed by atoms with van der Waals surface area (Å²) in [6, 6.07) is 3.80. The lowest BCUT2D eigenvalue weighted by Crippen LogP contribution is -2.49. The average molecular weight is 314 g/mol. The van der Waals surface area contributed by atoms with E-state index in [2.05, 4.69) is 4.72 Å². The summed E-state index contributed by atoms with van der Waals surface area (Å²) in [5.74, 6) is 0. The van der Waals surface area contributed by atoms with E-state index in [1.165, 1.54) is 12.1 Å². The van der Waals surface area contributed by atoms with E-state index in [1.54, 1.807) is 6.92 Å². The van der Waals surface area contributed by atoms with Gasteiger partial charge in [0.15, 0.2) is 0 Å². The Kier molecular flexibility index (Phi) is 4.31. The fourth-order valence-electron chi connectivity index (χ4n) is 2.64. The summed E-state index contributed by atoms with van der Waals surface area (Å²) in [7, 11) is -3.90. The van der Waals surface area contributed by atoms with E-state index in [9.17, 15) is 23.6 Å². The number of hydrogen-bond donors (Lipinski definition) is 2. The molecule has 0 aromatic heterocycles. The van der Waals surface area contributed by atoms with Crippen LogP contribution in [0.4, 0.5) is 5.69 Å². The molecule has 0 atom stereocenters. The van der Waals surface area contributed by atoms with Crippen molar-refractivity contribution in [2.45, 2.75) is 43.0 Å². The molecular weight excluding hydrogens is 296 g/mol. The Bertz CT molecular complexity index is 651. The van der Waals surface area contributed by atoms with Gasteiger partial charge in [-0.3, -0.25) is 10.1 Å². The maximum atomic E-state index is 12.4. The van der Waals surface area contributed by atoms with Gasteiger partial charge in [0.1, 0.15) is 0 Å². The minimum absolute atomic E-state index is 0.153. The highest BCUT2D eigenvalue weighted by Crippen LogP contribution is 2.31. The second-order valence-electron chi connectivity index (χ2n) is 5.46. The van der Waals surface area contributed by atoms with Crippen molar-refractivity contribution >= 4 is 15.7 Å². The molecule has 116 valence electrons. The maximum Gasteiger partial charge on any atom is 0.273 e. The van der Waals surface area contributed by atoms with Crippen LogP contribution in [0.2, 0.25) is 0 Å². The molecule has 0 aliphatic heterocycles. The Morgan fingerprint density at radius 3 is 2.52 bits per heavy atom. The molecule has 0 bridgehead atoms. The Morgan fingerprint density at radius 2 is 2.00 bits per heavy atom. The highest BCUT2D eigenvalue weighted by Gasteiger charge is 2.37. The fourth-order valence-corrected chi connectivity index (χ4v) is 4.11. The molecule has 0 heterocycles. The van der Waals surface area contributed by atoms with E-state index in [0.717, 1.165) is 18.9 Å². The number of sulfonamides is 1. The van der Waals surface area contributed by atoms with Crippen LogP contribution in [-0.4, -0.2) is 30.6 Å². The van der Waals surface area contributed by atoms with Gasteiger partial charge in [-0.25, -0.2) is 13.1 Å². The fraction of sp³-hybridized carbons (Fsp3) is 0.538. The van der Waals surface area contributed by atoms with Gasteiger partial charge in [0, 0.05) is 11.6 Å². The number of rotatable bonds is 5. The molecular formula is C13H18N2O5S. The van der Waals surface area contributed by atoms with Crippen molar-refractivity contribution in [3.05, 3.63) is 33.9 Å². The normalized spacial score (nSPS) is 17.8. The van der Waals surface area contributed by atoms with Gasteiger partial charge >= 0.3 is 0 Å². The van der Waals surface area contributed by atoms with Crippen LogP contribution >= 0.6 is 0 Å². The van der Waals surface area contributed by atoms with E-state index in [0.29, 0.717) is 18.4 Å². The first-order valence-corrected chi connectivity index (χ1v) is 8.18. The van der Waals surface area contributed by atoms with Gasteiger partial charge in [-0.2, -0.15) is 0 Å². The van der Waals surface area contributed by atoms with Crippen LogP contribution in [0.25, 0.3) is 0 Å². The van der Waals surface area contributed by atoms with Gasteiger partial charge in [0.2, 0.25) is 10.0 Å². The van der Waals surface area contributed by atoms with E-state index in [-0.39, 0.29) is 17.2 Å². The molecule has 1 aromatic carbocycles. The van der Waals surface area contributed by atoms with Crippen LogP contribution in [0.3, 0.4) is 0 Å². The topological polar surface area (TPSA) is 110 Å². The lowest BCUT2D eigenvalue weighted by molar-refractivity contribution is -0.385. The zero-order valence-corrected chi connectivity index (χ0v) is 12.5. The highest BCUT2D eigenvalue weighted by molar-refractivity contribution is 7.89. The molecule has 0 amide bonds. The van der Waals surface area contributed by atoms with Crippen molar-refractivity contribution in [2.24, 2.45) is 0 Å². The van der Waals surface area contributed by atoms with Gasteiger partial charge in [0.05, 0.1) is 22.0 Å². The number of benzene rings is 1. The molecule has 1 aliphatic rings. The van der Waals surface area contributed by atoms with Crippen LogP contribution in [0.1, 0.15) is 31.2 Å².